The summed E-state index contributed by atoms with van der Waals surface area (Å²) in [5.41, 5.74) is 17.5. The molecule has 0 heterocycles. The van der Waals surface area contributed by atoms with E-state index in [-0.39, 0.29) is 36.8 Å². The van der Waals surface area contributed by atoms with Gasteiger partial charge in [-0.2, -0.15) is 0 Å². The van der Waals surface area contributed by atoms with Crippen LogP contribution in [0.5, 0.6) is 5.75 Å². The van der Waals surface area contributed by atoms with Gasteiger partial charge in [0.25, 0.3) is 0 Å². The summed E-state index contributed by atoms with van der Waals surface area (Å²) in [4.78, 5) is 50.4. The van der Waals surface area contributed by atoms with E-state index in [2.05, 4.69) is 21.3 Å². The van der Waals surface area contributed by atoms with Gasteiger partial charge in [-0.15, -0.1) is 0 Å². The lowest BCUT2D eigenvalue weighted by atomic mass is 10.0. The highest BCUT2D eigenvalue weighted by molar-refractivity contribution is 5.91. The van der Waals surface area contributed by atoms with Crippen LogP contribution in [0.3, 0.4) is 0 Å². The summed E-state index contributed by atoms with van der Waals surface area (Å²) in [5.74, 6) is -1.13. The Balaban J connectivity index is 2.48. The molecule has 0 aromatic heterocycles. The number of amides is 4. The first kappa shape index (κ1) is 40.8. The van der Waals surface area contributed by atoms with Gasteiger partial charge >= 0.3 is 0 Å². The number of carbonyl (C=O) groups excluding carboxylic acids is 4. The number of hydrogen-bond acceptors (Lipinski definition) is 9. The summed E-state index contributed by atoms with van der Waals surface area (Å²) in [6.45, 7) is 7.88. The molecule has 46 heavy (non-hydrogen) atoms. The largest absolute Gasteiger partial charge is 0.491 e. The molecular weight excluding hydrogens is 590 g/mol. The number of ether oxygens (including phenoxy) is 1. The van der Waals surface area contributed by atoms with Crippen molar-refractivity contribution in [3.63, 3.8) is 0 Å². The molecule has 13 nitrogen and oxygen atoms in total. The van der Waals surface area contributed by atoms with Crippen LogP contribution >= 0.6 is 0 Å². The van der Waals surface area contributed by atoms with E-state index in [0.29, 0.717) is 76.9 Å². The number of aliphatic hydroxyl groups excluding tert-OH is 1. The van der Waals surface area contributed by atoms with Gasteiger partial charge in [0.1, 0.15) is 30.5 Å². The molecule has 1 rings (SSSR count). The van der Waals surface area contributed by atoms with Crippen molar-refractivity contribution in [2.24, 2.45) is 23.1 Å². The number of rotatable bonds is 26. The summed E-state index contributed by atoms with van der Waals surface area (Å²) in [7, 11) is 0. The molecule has 0 spiro atoms. The predicted molar refractivity (Wildman–Crippen MR) is 180 cm³/mol. The van der Waals surface area contributed by atoms with E-state index in [0.717, 1.165) is 18.4 Å². The summed E-state index contributed by atoms with van der Waals surface area (Å²) in [5, 5.41) is 21.5. The van der Waals surface area contributed by atoms with Gasteiger partial charge in [-0.1, -0.05) is 39.3 Å². The van der Waals surface area contributed by atoms with Crippen LogP contribution in [0.2, 0.25) is 0 Å². The van der Waals surface area contributed by atoms with E-state index in [9.17, 15) is 24.3 Å². The van der Waals surface area contributed by atoms with Gasteiger partial charge in [-0.05, 0) is 82.2 Å². The van der Waals surface area contributed by atoms with Crippen LogP contribution in [0.1, 0.15) is 84.1 Å². The predicted octanol–water partition coefficient (Wildman–Crippen LogP) is 0.602. The lowest BCUT2D eigenvalue weighted by Crippen LogP contribution is -2.53. The maximum atomic E-state index is 13.1. The summed E-state index contributed by atoms with van der Waals surface area (Å²) < 4.78 is 5.61. The Hall–Kier alpha value is -3.26. The first-order chi connectivity index (χ1) is 22.0. The van der Waals surface area contributed by atoms with E-state index in [4.69, 9.17) is 21.9 Å². The van der Waals surface area contributed by atoms with Gasteiger partial charge in [-0.25, -0.2) is 0 Å². The average Bonchev–Trinajstić information content (AvgIpc) is 3.02. The van der Waals surface area contributed by atoms with Gasteiger partial charge in [-0.3, -0.25) is 19.2 Å². The number of carbonyl (C=O) groups is 4. The van der Waals surface area contributed by atoms with Crippen molar-refractivity contribution >= 4 is 23.6 Å². The van der Waals surface area contributed by atoms with Crippen LogP contribution in [0.4, 0.5) is 0 Å². The third-order valence-corrected chi connectivity index (χ3v) is 7.51. The molecule has 13 heteroatoms. The van der Waals surface area contributed by atoms with Gasteiger partial charge in [0.05, 0.1) is 6.42 Å². The summed E-state index contributed by atoms with van der Waals surface area (Å²) in [6, 6.07) is 5.74. The minimum atomic E-state index is -0.896. The van der Waals surface area contributed by atoms with Crippen LogP contribution < -0.4 is 43.2 Å². The van der Waals surface area contributed by atoms with Gasteiger partial charge in [0, 0.05) is 25.0 Å². The van der Waals surface area contributed by atoms with Crippen LogP contribution in [0, 0.1) is 5.92 Å². The first-order valence-electron chi connectivity index (χ1n) is 16.7. The van der Waals surface area contributed by atoms with Crippen molar-refractivity contribution in [1.82, 2.24) is 21.3 Å². The highest BCUT2D eigenvalue weighted by atomic mass is 16.5. The molecule has 0 aliphatic heterocycles. The number of primary amides is 1. The molecule has 0 bridgehead atoms. The van der Waals surface area contributed by atoms with E-state index in [1.807, 2.05) is 32.9 Å². The molecule has 11 N–H and O–H groups in total. The molecule has 262 valence electrons. The Bertz CT molecular complexity index is 1020. The molecular formula is C33H59N7O6. The molecule has 0 radical (unpaired) electrons. The van der Waals surface area contributed by atoms with E-state index in [1.54, 1.807) is 12.1 Å². The summed E-state index contributed by atoms with van der Waals surface area (Å²) >= 11 is 0. The molecule has 0 fully saturated rings. The third kappa shape index (κ3) is 18.6. The van der Waals surface area contributed by atoms with Crippen molar-refractivity contribution < 1.29 is 29.0 Å². The monoisotopic (exact) mass is 649 g/mol. The molecule has 1 aromatic rings. The van der Waals surface area contributed by atoms with Crippen LogP contribution in [0.25, 0.3) is 0 Å². The van der Waals surface area contributed by atoms with Crippen molar-refractivity contribution in [3.05, 3.63) is 29.8 Å². The normalized spacial score (nSPS) is 13.8. The topological polar surface area (TPSA) is 224 Å². The standard InChI is InChI=1S/C33H59N7O6/c1-23(2)38-21-26(41)22-46-27-15-13-25(14-16-27)20-30(42)37-19-9-6-11-28(31(36)43)39-33(45)29(12-5-8-18-35)40-32(44)24(3)10-4-7-17-34/h13-16,23-24,26,28-29,38,41H,4-12,17-22,34-35H2,1-3H3,(H2,36,43)(H,37,42)(H,39,45)(H,40,44). The molecule has 4 atom stereocenters. The van der Waals surface area contributed by atoms with E-state index >= 15 is 0 Å². The molecule has 0 saturated heterocycles. The molecule has 4 unspecified atom stereocenters. The zero-order valence-electron chi connectivity index (χ0n) is 28.0. The zero-order valence-corrected chi connectivity index (χ0v) is 28.0. The molecule has 1 aromatic carbocycles. The average molecular weight is 650 g/mol. The van der Waals surface area contributed by atoms with E-state index < -0.39 is 30.0 Å². The second-order valence-electron chi connectivity index (χ2n) is 12.2. The first-order valence-corrected chi connectivity index (χ1v) is 16.7. The highest BCUT2D eigenvalue weighted by Crippen LogP contribution is 2.13. The number of benzene rings is 1. The summed E-state index contributed by atoms with van der Waals surface area (Å²) in [6.07, 6.45) is 5.09. The fraction of sp³-hybridized carbons (Fsp3) is 0.697. The number of nitrogens with two attached hydrogens (primary N) is 3. The fourth-order valence-electron chi connectivity index (χ4n) is 4.64. The van der Waals surface area contributed by atoms with Crippen molar-refractivity contribution in [3.8, 4) is 5.75 Å². The van der Waals surface area contributed by atoms with E-state index in [1.165, 1.54) is 0 Å². The Morgan fingerprint density at radius 3 is 2.00 bits per heavy atom. The Morgan fingerprint density at radius 1 is 0.804 bits per heavy atom. The van der Waals surface area contributed by atoms with Gasteiger partial charge < -0.3 is 48.3 Å². The smallest absolute Gasteiger partial charge is 0.243 e. The Kier molecular flexibility index (Phi) is 21.3. The number of hydrogen-bond donors (Lipinski definition) is 8. The molecule has 0 aliphatic rings. The quantitative estimate of drug-likeness (QED) is 0.0657. The minimum absolute atomic E-state index is 0.142. The molecule has 0 aliphatic carbocycles. The van der Waals surface area contributed by atoms with Crippen molar-refractivity contribution in [2.75, 3.05) is 32.8 Å². The van der Waals surface area contributed by atoms with Gasteiger partial charge in [0.15, 0.2) is 0 Å². The van der Waals surface area contributed by atoms with Gasteiger partial charge in [0.2, 0.25) is 23.6 Å². The SMILES string of the molecule is CC(C)NCC(O)COc1ccc(CC(=O)NCCCCC(NC(=O)C(CCCCN)NC(=O)C(C)CCCCN)C(N)=O)cc1. The maximum Gasteiger partial charge on any atom is 0.243 e. The lowest BCUT2D eigenvalue weighted by molar-refractivity contribution is -0.132. The number of nitrogens with one attached hydrogen (secondary N) is 4. The molecule has 0 saturated carbocycles. The van der Waals surface area contributed by atoms with Crippen LogP contribution in [-0.2, 0) is 25.6 Å². The van der Waals surface area contributed by atoms with Crippen molar-refractivity contribution in [2.45, 2.75) is 109 Å². The fourth-order valence-corrected chi connectivity index (χ4v) is 4.64. The molecule has 4 amide bonds. The van der Waals surface area contributed by atoms with Crippen LogP contribution in [-0.4, -0.2) is 85.8 Å². The second kappa shape index (κ2) is 24.0. The zero-order chi connectivity index (χ0) is 34.3. The Labute approximate surface area is 274 Å². The minimum Gasteiger partial charge on any atom is -0.491 e. The number of aliphatic hydroxyl groups is 1. The third-order valence-electron chi connectivity index (χ3n) is 7.51. The maximum absolute atomic E-state index is 13.1. The Morgan fingerprint density at radius 2 is 1.39 bits per heavy atom. The number of unbranched alkanes of at least 4 members (excludes halogenated alkanes) is 3. The van der Waals surface area contributed by atoms with Crippen LogP contribution in [0.15, 0.2) is 24.3 Å². The highest BCUT2D eigenvalue weighted by Gasteiger charge is 2.26. The second-order valence-corrected chi connectivity index (χ2v) is 12.2. The lowest BCUT2D eigenvalue weighted by Gasteiger charge is -2.23. The van der Waals surface area contributed by atoms with Crippen molar-refractivity contribution in [1.29, 1.82) is 0 Å².